The van der Waals surface area contributed by atoms with Crippen molar-refractivity contribution in [2.45, 2.75) is 19.3 Å². The van der Waals surface area contributed by atoms with Crippen molar-refractivity contribution in [3.8, 4) is 11.1 Å². The second-order valence-electron chi connectivity index (χ2n) is 14.2. The molecule has 262 valence electrons. The second-order valence-corrected chi connectivity index (χ2v) is 14.2. The minimum atomic E-state index is -0.243. The predicted molar refractivity (Wildman–Crippen MR) is 225 cm³/mol. The van der Waals surface area contributed by atoms with Crippen molar-refractivity contribution < 1.29 is 8.78 Å². The molecule has 1 aliphatic rings. The van der Waals surface area contributed by atoms with Crippen molar-refractivity contribution in [2.24, 2.45) is 0 Å². The molecular weight excluding hydrogens is 665 g/mol. The van der Waals surface area contributed by atoms with Crippen molar-refractivity contribution in [3.05, 3.63) is 220 Å². The maximum atomic E-state index is 13.4. The first kappa shape index (κ1) is 34.5. The van der Waals surface area contributed by atoms with Crippen LogP contribution in [0.3, 0.4) is 0 Å². The Hall–Kier alpha value is -6.58. The average molecular weight is 704 g/mol. The van der Waals surface area contributed by atoms with Crippen molar-refractivity contribution in [3.63, 3.8) is 0 Å². The quantitative estimate of drug-likeness (QED) is 0.135. The van der Waals surface area contributed by atoms with E-state index in [-0.39, 0.29) is 17.0 Å². The maximum absolute atomic E-state index is 13.4. The van der Waals surface area contributed by atoms with Crippen LogP contribution in [0.4, 0.5) is 25.8 Å². The van der Waals surface area contributed by atoms with Gasteiger partial charge >= 0.3 is 0 Å². The van der Waals surface area contributed by atoms with E-state index in [1.165, 1.54) is 57.6 Å². The highest BCUT2D eigenvalue weighted by molar-refractivity contribution is 5.87. The lowest BCUT2D eigenvalue weighted by molar-refractivity contribution is 0.627. The zero-order valence-corrected chi connectivity index (χ0v) is 30.3. The van der Waals surface area contributed by atoms with Gasteiger partial charge in [-0.2, -0.15) is 0 Å². The van der Waals surface area contributed by atoms with E-state index in [4.69, 9.17) is 0 Å². The van der Waals surface area contributed by atoms with Gasteiger partial charge in [0, 0.05) is 22.5 Å². The van der Waals surface area contributed by atoms with Crippen LogP contribution in [0.15, 0.2) is 164 Å². The van der Waals surface area contributed by atoms with E-state index in [1.54, 1.807) is 24.3 Å². The van der Waals surface area contributed by atoms with Crippen LogP contribution < -0.4 is 4.90 Å². The molecule has 8 rings (SSSR count). The second kappa shape index (κ2) is 14.8. The molecule has 0 radical (unpaired) electrons. The molecule has 0 fully saturated rings. The first-order valence-electron chi connectivity index (χ1n) is 18.2. The lowest BCUT2D eigenvalue weighted by Gasteiger charge is -2.28. The summed E-state index contributed by atoms with van der Waals surface area (Å²) in [7, 11) is 0. The smallest absolute Gasteiger partial charge is 0.123 e. The molecule has 54 heavy (non-hydrogen) atoms. The van der Waals surface area contributed by atoms with Crippen molar-refractivity contribution in [2.75, 3.05) is 4.90 Å². The van der Waals surface area contributed by atoms with Crippen LogP contribution in [0.5, 0.6) is 0 Å². The van der Waals surface area contributed by atoms with Gasteiger partial charge in [0.2, 0.25) is 0 Å². The van der Waals surface area contributed by atoms with Crippen LogP contribution in [0.25, 0.3) is 47.6 Å². The van der Waals surface area contributed by atoms with Gasteiger partial charge in [0.25, 0.3) is 0 Å². The highest BCUT2D eigenvalue weighted by Gasteiger charge is 2.36. The number of halogens is 2. The lowest BCUT2D eigenvalue weighted by Crippen LogP contribution is -2.16. The van der Waals surface area contributed by atoms with Crippen molar-refractivity contribution >= 4 is 53.5 Å². The summed E-state index contributed by atoms with van der Waals surface area (Å²) in [6.07, 6.45) is 12.4. The van der Waals surface area contributed by atoms with Gasteiger partial charge < -0.3 is 4.90 Å². The summed E-state index contributed by atoms with van der Waals surface area (Å²) in [5, 5.41) is 0. The summed E-state index contributed by atoms with van der Waals surface area (Å²) in [6, 6.07) is 54.1. The fourth-order valence-corrected chi connectivity index (χ4v) is 7.19. The van der Waals surface area contributed by atoms with Crippen molar-refractivity contribution in [1.29, 1.82) is 0 Å². The van der Waals surface area contributed by atoms with E-state index in [9.17, 15) is 8.78 Å². The standard InChI is InChI=1S/C51H39F2N/c1-51(2)49-34-41(13-12-36-6-4-3-5-7-36)22-32-47(49)48-33-31-46(35-50(48)51)54(44-27-18-39(19-28-44)10-8-37-14-23-42(52)24-15-37)45-29-20-40(21-30-45)11-9-38-16-25-43(53)26-17-38/h3-35H,1-2H3. The molecule has 0 amide bonds. The number of anilines is 3. The zero-order valence-electron chi connectivity index (χ0n) is 30.3. The molecule has 1 nitrogen and oxygen atoms in total. The van der Waals surface area contributed by atoms with Gasteiger partial charge in [-0.1, -0.05) is 153 Å². The Morgan fingerprint density at radius 3 is 1.20 bits per heavy atom. The van der Waals surface area contributed by atoms with Crippen LogP contribution in [0.2, 0.25) is 0 Å². The Kier molecular flexibility index (Phi) is 9.46. The summed E-state index contributed by atoms with van der Waals surface area (Å²) < 4.78 is 26.9. The summed E-state index contributed by atoms with van der Waals surface area (Å²) in [5.41, 5.74) is 14.4. The predicted octanol–water partition coefficient (Wildman–Crippen LogP) is 14.3. The molecule has 0 N–H and O–H groups in total. The van der Waals surface area contributed by atoms with E-state index < -0.39 is 0 Å². The Bertz CT molecular complexity index is 2390. The van der Waals surface area contributed by atoms with Crippen LogP contribution in [-0.2, 0) is 5.41 Å². The Morgan fingerprint density at radius 1 is 0.370 bits per heavy atom. The number of fused-ring (bicyclic) bond motifs is 3. The zero-order chi connectivity index (χ0) is 37.1. The number of hydrogen-bond acceptors (Lipinski definition) is 1. The number of rotatable bonds is 9. The number of benzene rings is 7. The van der Waals surface area contributed by atoms with Gasteiger partial charge in [0.1, 0.15) is 11.6 Å². The number of hydrogen-bond donors (Lipinski definition) is 0. The normalized spacial score (nSPS) is 13.1. The molecule has 3 heteroatoms. The lowest BCUT2D eigenvalue weighted by atomic mass is 9.81. The molecule has 0 saturated heterocycles. The van der Waals surface area contributed by atoms with E-state index in [1.807, 2.05) is 30.4 Å². The highest BCUT2D eigenvalue weighted by Crippen LogP contribution is 2.51. The van der Waals surface area contributed by atoms with Gasteiger partial charge in [0.05, 0.1) is 0 Å². The fourth-order valence-electron chi connectivity index (χ4n) is 7.19. The molecule has 0 bridgehead atoms. The van der Waals surface area contributed by atoms with Gasteiger partial charge in [-0.25, -0.2) is 8.78 Å². The number of nitrogens with zero attached hydrogens (tertiary/aromatic N) is 1. The fraction of sp³-hybridized carbons (Fsp3) is 0.0588. The third-order valence-electron chi connectivity index (χ3n) is 10.2. The molecule has 0 atom stereocenters. The van der Waals surface area contributed by atoms with Gasteiger partial charge in [-0.05, 0) is 116 Å². The Morgan fingerprint density at radius 2 is 0.722 bits per heavy atom. The molecule has 0 unspecified atom stereocenters. The molecule has 0 spiro atoms. The monoisotopic (exact) mass is 703 g/mol. The van der Waals surface area contributed by atoms with Crippen LogP contribution >= 0.6 is 0 Å². The summed E-state index contributed by atoms with van der Waals surface area (Å²) in [5.74, 6) is -0.485. The topological polar surface area (TPSA) is 3.24 Å². The molecule has 0 aliphatic heterocycles. The van der Waals surface area contributed by atoms with E-state index in [0.29, 0.717) is 0 Å². The third-order valence-corrected chi connectivity index (χ3v) is 10.2. The van der Waals surface area contributed by atoms with Crippen LogP contribution in [0.1, 0.15) is 58.4 Å². The van der Waals surface area contributed by atoms with Crippen molar-refractivity contribution in [1.82, 2.24) is 0 Å². The minimum absolute atomic E-state index is 0.201. The summed E-state index contributed by atoms with van der Waals surface area (Å²) in [6.45, 7) is 4.64. The molecular formula is C51H39F2N. The van der Waals surface area contributed by atoms with Gasteiger partial charge in [-0.3, -0.25) is 0 Å². The van der Waals surface area contributed by atoms with Crippen LogP contribution in [0, 0.1) is 11.6 Å². The first-order chi connectivity index (χ1) is 26.3. The summed E-state index contributed by atoms with van der Waals surface area (Å²) in [4.78, 5) is 2.30. The first-order valence-corrected chi connectivity index (χ1v) is 18.2. The van der Waals surface area contributed by atoms with Gasteiger partial charge in [0.15, 0.2) is 0 Å². The Labute approximate surface area is 316 Å². The SMILES string of the molecule is CC1(C)c2cc(C=Cc3ccccc3)ccc2-c2ccc(N(c3ccc(C=Cc4ccc(F)cc4)cc3)c3ccc(C=Cc4ccc(F)cc4)cc3)cc21. The van der Waals surface area contributed by atoms with E-state index >= 15 is 0 Å². The third kappa shape index (κ3) is 7.35. The largest absolute Gasteiger partial charge is 0.310 e. The summed E-state index contributed by atoms with van der Waals surface area (Å²) >= 11 is 0. The maximum Gasteiger partial charge on any atom is 0.123 e. The molecule has 7 aromatic rings. The molecule has 0 saturated carbocycles. The molecule has 0 aromatic heterocycles. The average Bonchev–Trinajstić information content (AvgIpc) is 3.43. The molecule has 0 heterocycles. The van der Waals surface area contributed by atoms with Gasteiger partial charge in [-0.15, -0.1) is 0 Å². The minimum Gasteiger partial charge on any atom is -0.310 e. The van der Waals surface area contributed by atoms with Crippen LogP contribution in [-0.4, -0.2) is 0 Å². The molecule has 1 aliphatic carbocycles. The highest BCUT2D eigenvalue weighted by atomic mass is 19.1. The van der Waals surface area contributed by atoms with E-state index in [2.05, 4.69) is 140 Å². The van der Waals surface area contributed by atoms with E-state index in [0.717, 1.165) is 39.3 Å². The molecule has 7 aromatic carbocycles. The Balaban J connectivity index is 1.13.